The Labute approximate surface area is 81.0 Å². The van der Waals surface area contributed by atoms with Crippen LogP contribution in [-0.4, -0.2) is 25.3 Å². The van der Waals surface area contributed by atoms with E-state index in [1.165, 1.54) is 44.9 Å². The van der Waals surface area contributed by atoms with Gasteiger partial charge in [-0.3, -0.25) is 0 Å². The zero-order valence-electron chi connectivity index (χ0n) is 8.43. The van der Waals surface area contributed by atoms with Crippen LogP contribution >= 0.6 is 0 Å². The Morgan fingerprint density at radius 1 is 0.846 bits per heavy atom. The minimum atomic E-state index is 0.517. The van der Waals surface area contributed by atoms with Crippen molar-refractivity contribution in [2.24, 2.45) is 0 Å². The third-order valence-electron chi connectivity index (χ3n) is 3.20. The number of hydrogen-bond donors (Lipinski definition) is 1. The average Bonchev–Trinajstić information content (AvgIpc) is 2.49. The molecule has 0 spiro atoms. The van der Waals surface area contributed by atoms with Gasteiger partial charge in [-0.1, -0.05) is 25.7 Å². The van der Waals surface area contributed by atoms with E-state index in [2.05, 4.69) is 5.32 Å². The number of rotatable bonds is 2. The number of nitrogens with one attached hydrogen (secondary N) is 1. The molecule has 1 saturated carbocycles. The summed E-state index contributed by atoms with van der Waals surface area (Å²) in [5.74, 6) is 0. The number of hydrogen-bond acceptors (Lipinski definition) is 2. The fourth-order valence-corrected chi connectivity index (χ4v) is 2.39. The molecule has 1 aliphatic carbocycles. The Bertz CT molecular complexity index is 135. The molecule has 1 aliphatic heterocycles. The van der Waals surface area contributed by atoms with E-state index in [1.807, 2.05) is 0 Å². The van der Waals surface area contributed by atoms with Crippen molar-refractivity contribution in [3.63, 3.8) is 0 Å². The molecule has 1 N–H and O–H groups in total. The van der Waals surface area contributed by atoms with Crippen molar-refractivity contribution in [2.45, 2.75) is 57.2 Å². The van der Waals surface area contributed by atoms with Gasteiger partial charge in [0.05, 0.1) is 12.2 Å². The van der Waals surface area contributed by atoms with Gasteiger partial charge in [0.1, 0.15) is 0 Å². The topological polar surface area (TPSA) is 21.3 Å². The molecule has 0 aromatic heterocycles. The SMILES string of the molecule is C1CCCC(OC2CCNC2)CC1. The highest BCUT2D eigenvalue weighted by atomic mass is 16.5. The van der Waals surface area contributed by atoms with Gasteiger partial charge in [0, 0.05) is 6.54 Å². The van der Waals surface area contributed by atoms with Gasteiger partial charge >= 0.3 is 0 Å². The first-order valence-electron chi connectivity index (χ1n) is 5.81. The van der Waals surface area contributed by atoms with Crippen molar-refractivity contribution in [1.29, 1.82) is 0 Å². The van der Waals surface area contributed by atoms with Crippen LogP contribution in [0.1, 0.15) is 44.9 Å². The Morgan fingerprint density at radius 3 is 2.23 bits per heavy atom. The predicted molar refractivity (Wildman–Crippen MR) is 53.8 cm³/mol. The monoisotopic (exact) mass is 183 g/mol. The standard InChI is InChI=1S/C11H21NO/c1-2-4-6-10(5-3-1)13-11-7-8-12-9-11/h10-12H,1-9H2. The average molecular weight is 183 g/mol. The maximum absolute atomic E-state index is 6.07. The first kappa shape index (κ1) is 9.47. The highest BCUT2D eigenvalue weighted by molar-refractivity contribution is 4.74. The van der Waals surface area contributed by atoms with E-state index in [4.69, 9.17) is 4.74 Å². The molecule has 1 unspecified atom stereocenters. The summed E-state index contributed by atoms with van der Waals surface area (Å²) >= 11 is 0. The quantitative estimate of drug-likeness (QED) is 0.662. The smallest absolute Gasteiger partial charge is 0.0715 e. The molecule has 0 aromatic carbocycles. The lowest BCUT2D eigenvalue weighted by atomic mass is 10.1. The van der Waals surface area contributed by atoms with Gasteiger partial charge in [0.25, 0.3) is 0 Å². The zero-order chi connectivity index (χ0) is 8.93. The highest BCUT2D eigenvalue weighted by Gasteiger charge is 2.20. The van der Waals surface area contributed by atoms with Crippen molar-refractivity contribution < 1.29 is 4.74 Å². The maximum atomic E-state index is 6.07. The molecule has 1 saturated heterocycles. The Balaban J connectivity index is 1.71. The molecule has 13 heavy (non-hydrogen) atoms. The lowest BCUT2D eigenvalue weighted by Gasteiger charge is -2.19. The van der Waals surface area contributed by atoms with E-state index in [1.54, 1.807) is 0 Å². The van der Waals surface area contributed by atoms with Gasteiger partial charge in [-0.15, -0.1) is 0 Å². The van der Waals surface area contributed by atoms with Crippen molar-refractivity contribution in [3.05, 3.63) is 0 Å². The molecule has 0 radical (unpaired) electrons. The van der Waals surface area contributed by atoms with Crippen LogP contribution < -0.4 is 5.32 Å². The summed E-state index contributed by atoms with van der Waals surface area (Å²) in [4.78, 5) is 0. The van der Waals surface area contributed by atoms with Crippen molar-refractivity contribution in [2.75, 3.05) is 13.1 Å². The van der Waals surface area contributed by atoms with Gasteiger partial charge < -0.3 is 10.1 Å². The van der Waals surface area contributed by atoms with Crippen LogP contribution in [0.5, 0.6) is 0 Å². The van der Waals surface area contributed by atoms with Crippen LogP contribution in [0, 0.1) is 0 Å². The Kier molecular flexibility index (Phi) is 3.62. The summed E-state index contributed by atoms with van der Waals surface area (Å²) < 4.78 is 6.07. The van der Waals surface area contributed by atoms with Crippen LogP contribution in [0.2, 0.25) is 0 Å². The van der Waals surface area contributed by atoms with Crippen LogP contribution in [0.15, 0.2) is 0 Å². The summed E-state index contributed by atoms with van der Waals surface area (Å²) in [5.41, 5.74) is 0. The second kappa shape index (κ2) is 4.97. The van der Waals surface area contributed by atoms with Crippen molar-refractivity contribution >= 4 is 0 Å². The molecule has 1 atom stereocenters. The maximum Gasteiger partial charge on any atom is 0.0715 e. The third kappa shape index (κ3) is 2.96. The summed E-state index contributed by atoms with van der Waals surface area (Å²) in [5, 5.41) is 3.35. The highest BCUT2D eigenvalue weighted by Crippen LogP contribution is 2.22. The molecule has 76 valence electrons. The van der Waals surface area contributed by atoms with Gasteiger partial charge in [-0.25, -0.2) is 0 Å². The largest absolute Gasteiger partial charge is 0.374 e. The minimum absolute atomic E-state index is 0.517. The zero-order valence-corrected chi connectivity index (χ0v) is 8.43. The van der Waals surface area contributed by atoms with Gasteiger partial charge in [0.15, 0.2) is 0 Å². The molecule has 2 rings (SSSR count). The van der Waals surface area contributed by atoms with E-state index >= 15 is 0 Å². The third-order valence-corrected chi connectivity index (χ3v) is 3.20. The Morgan fingerprint density at radius 2 is 1.62 bits per heavy atom. The molecular weight excluding hydrogens is 162 g/mol. The predicted octanol–water partition coefficient (Wildman–Crippen LogP) is 2.09. The minimum Gasteiger partial charge on any atom is -0.374 e. The first-order chi connectivity index (χ1) is 6.45. The summed E-state index contributed by atoms with van der Waals surface area (Å²) in [6, 6.07) is 0. The molecule has 0 aromatic rings. The van der Waals surface area contributed by atoms with Crippen molar-refractivity contribution in [1.82, 2.24) is 5.32 Å². The number of ether oxygens (including phenoxy) is 1. The van der Waals surface area contributed by atoms with E-state index in [0.717, 1.165) is 13.1 Å². The van der Waals surface area contributed by atoms with Crippen LogP contribution in [-0.2, 0) is 4.74 Å². The fraction of sp³-hybridized carbons (Fsp3) is 1.00. The van der Waals surface area contributed by atoms with Gasteiger partial charge in [0.2, 0.25) is 0 Å². The molecule has 2 fully saturated rings. The van der Waals surface area contributed by atoms with E-state index in [0.29, 0.717) is 12.2 Å². The van der Waals surface area contributed by atoms with E-state index in [-0.39, 0.29) is 0 Å². The van der Waals surface area contributed by atoms with Crippen molar-refractivity contribution in [3.8, 4) is 0 Å². The summed E-state index contributed by atoms with van der Waals surface area (Å²) in [6.45, 7) is 2.23. The van der Waals surface area contributed by atoms with Gasteiger partial charge in [-0.2, -0.15) is 0 Å². The first-order valence-corrected chi connectivity index (χ1v) is 5.81. The lowest BCUT2D eigenvalue weighted by molar-refractivity contribution is -0.00851. The molecule has 0 amide bonds. The second-order valence-corrected chi connectivity index (χ2v) is 4.36. The molecule has 2 heteroatoms. The van der Waals surface area contributed by atoms with Crippen LogP contribution in [0.3, 0.4) is 0 Å². The van der Waals surface area contributed by atoms with E-state index < -0.39 is 0 Å². The second-order valence-electron chi connectivity index (χ2n) is 4.36. The molecular formula is C11H21NO. The Hall–Kier alpha value is -0.0800. The van der Waals surface area contributed by atoms with E-state index in [9.17, 15) is 0 Å². The fourth-order valence-electron chi connectivity index (χ4n) is 2.39. The normalized spacial score (nSPS) is 31.8. The van der Waals surface area contributed by atoms with Crippen LogP contribution in [0.4, 0.5) is 0 Å². The van der Waals surface area contributed by atoms with Crippen LogP contribution in [0.25, 0.3) is 0 Å². The summed E-state index contributed by atoms with van der Waals surface area (Å²) in [6.07, 6.45) is 10.5. The lowest BCUT2D eigenvalue weighted by Crippen LogP contribution is -2.23. The molecule has 0 bridgehead atoms. The summed E-state index contributed by atoms with van der Waals surface area (Å²) in [7, 11) is 0. The van der Waals surface area contributed by atoms with Gasteiger partial charge in [-0.05, 0) is 25.8 Å². The molecule has 2 nitrogen and oxygen atoms in total. The molecule has 2 aliphatic rings. The molecule has 1 heterocycles.